The first kappa shape index (κ1) is 12.4. The van der Waals surface area contributed by atoms with Gasteiger partial charge in [-0.05, 0) is 18.1 Å². The summed E-state index contributed by atoms with van der Waals surface area (Å²) in [6.45, 7) is 1.82. The van der Waals surface area contributed by atoms with Gasteiger partial charge in [0.2, 0.25) is 0 Å². The van der Waals surface area contributed by atoms with Crippen LogP contribution in [0.5, 0.6) is 0 Å². The molecule has 0 fully saturated rings. The van der Waals surface area contributed by atoms with Crippen LogP contribution >= 0.6 is 0 Å². The summed E-state index contributed by atoms with van der Waals surface area (Å²) in [4.78, 5) is 22.1. The number of aliphatic hydroxyl groups excluding tert-OH is 1. The molecule has 0 aliphatic rings. The number of aryl methyl sites for hydroxylation is 1. The van der Waals surface area contributed by atoms with Crippen LogP contribution < -0.4 is 0 Å². The molecule has 4 nitrogen and oxygen atoms in total. The lowest BCUT2D eigenvalue weighted by molar-refractivity contribution is -0.152. The Morgan fingerprint density at radius 2 is 2.06 bits per heavy atom. The van der Waals surface area contributed by atoms with Crippen molar-refractivity contribution in [3.8, 4) is 0 Å². The van der Waals surface area contributed by atoms with Gasteiger partial charge < -0.3 is 14.6 Å². The van der Waals surface area contributed by atoms with Crippen molar-refractivity contribution < 1.29 is 19.4 Å². The lowest BCUT2D eigenvalue weighted by Crippen LogP contribution is -2.30. The zero-order valence-electron chi connectivity index (χ0n) is 9.21. The molecule has 0 heterocycles. The standard InChI is InChI=1S/C12H14O4/c1-8-5-3-4-6-9(8)10(7-13)11(14)12(15)16-2/h3-7,10-11,14H,1-2H3/t10?,11-/m0/s1. The number of hydrogen-bond acceptors (Lipinski definition) is 4. The second-order valence-corrected chi connectivity index (χ2v) is 3.49. The second-order valence-electron chi connectivity index (χ2n) is 3.49. The van der Waals surface area contributed by atoms with E-state index in [9.17, 15) is 14.7 Å². The van der Waals surface area contributed by atoms with E-state index < -0.39 is 18.0 Å². The van der Waals surface area contributed by atoms with Gasteiger partial charge in [-0.15, -0.1) is 0 Å². The molecule has 0 aliphatic carbocycles. The van der Waals surface area contributed by atoms with Gasteiger partial charge in [0.05, 0.1) is 13.0 Å². The van der Waals surface area contributed by atoms with Gasteiger partial charge in [0, 0.05) is 0 Å². The molecule has 0 spiro atoms. The molecule has 0 amide bonds. The maximum atomic E-state index is 11.2. The molecule has 0 radical (unpaired) electrons. The molecule has 0 saturated heterocycles. The molecule has 16 heavy (non-hydrogen) atoms. The van der Waals surface area contributed by atoms with E-state index in [1.807, 2.05) is 19.1 Å². The zero-order valence-corrected chi connectivity index (χ0v) is 9.21. The summed E-state index contributed by atoms with van der Waals surface area (Å²) in [7, 11) is 1.17. The quantitative estimate of drug-likeness (QED) is 0.605. The van der Waals surface area contributed by atoms with Crippen molar-refractivity contribution in [3.05, 3.63) is 35.4 Å². The summed E-state index contributed by atoms with van der Waals surface area (Å²) in [5.74, 6) is -1.69. The number of rotatable bonds is 4. The molecule has 2 atom stereocenters. The molecule has 0 bridgehead atoms. The third kappa shape index (κ3) is 2.46. The van der Waals surface area contributed by atoms with Gasteiger partial charge in [-0.1, -0.05) is 24.3 Å². The van der Waals surface area contributed by atoms with Gasteiger partial charge in [-0.2, -0.15) is 0 Å². The Hall–Kier alpha value is -1.68. The fraction of sp³-hybridized carbons (Fsp3) is 0.333. The number of methoxy groups -OCH3 is 1. The SMILES string of the molecule is COC(=O)[C@@H](O)C(C=O)c1ccccc1C. The normalized spacial score (nSPS) is 13.9. The Kier molecular flexibility index (Phi) is 4.19. The predicted molar refractivity (Wildman–Crippen MR) is 58.0 cm³/mol. The van der Waals surface area contributed by atoms with E-state index in [2.05, 4.69) is 4.74 Å². The summed E-state index contributed by atoms with van der Waals surface area (Å²) in [5, 5.41) is 9.65. The van der Waals surface area contributed by atoms with Crippen molar-refractivity contribution in [3.63, 3.8) is 0 Å². The van der Waals surface area contributed by atoms with Crippen LogP contribution in [-0.2, 0) is 14.3 Å². The van der Waals surface area contributed by atoms with Crippen molar-refractivity contribution in [1.82, 2.24) is 0 Å². The van der Waals surface area contributed by atoms with Crippen LogP contribution in [0.3, 0.4) is 0 Å². The molecule has 86 valence electrons. The van der Waals surface area contributed by atoms with Crippen molar-refractivity contribution in [2.24, 2.45) is 0 Å². The maximum absolute atomic E-state index is 11.2. The van der Waals surface area contributed by atoms with E-state index in [-0.39, 0.29) is 0 Å². The minimum atomic E-state index is -1.46. The van der Waals surface area contributed by atoms with Crippen LogP contribution in [0.2, 0.25) is 0 Å². The van der Waals surface area contributed by atoms with Gasteiger partial charge in [0.15, 0.2) is 6.10 Å². The van der Waals surface area contributed by atoms with Crippen molar-refractivity contribution in [1.29, 1.82) is 0 Å². The van der Waals surface area contributed by atoms with E-state index in [0.29, 0.717) is 11.8 Å². The predicted octanol–water partition coefficient (Wildman–Crippen LogP) is 0.811. The smallest absolute Gasteiger partial charge is 0.335 e. The third-order valence-electron chi connectivity index (χ3n) is 2.48. The van der Waals surface area contributed by atoms with Gasteiger partial charge in [0.25, 0.3) is 0 Å². The average molecular weight is 222 g/mol. The van der Waals surface area contributed by atoms with E-state index in [1.54, 1.807) is 12.1 Å². The number of aldehydes is 1. The molecule has 1 aromatic carbocycles. The Labute approximate surface area is 93.9 Å². The minimum absolute atomic E-state index is 0.559. The van der Waals surface area contributed by atoms with Crippen LogP contribution in [0, 0.1) is 6.92 Å². The number of ether oxygens (including phenoxy) is 1. The lowest BCUT2D eigenvalue weighted by Gasteiger charge is -2.17. The van der Waals surface area contributed by atoms with E-state index in [0.717, 1.165) is 5.56 Å². The zero-order chi connectivity index (χ0) is 12.1. The van der Waals surface area contributed by atoms with Crippen molar-refractivity contribution in [2.45, 2.75) is 18.9 Å². The van der Waals surface area contributed by atoms with Gasteiger partial charge in [-0.25, -0.2) is 4.79 Å². The first-order valence-corrected chi connectivity index (χ1v) is 4.88. The van der Waals surface area contributed by atoms with Crippen molar-refractivity contribution in [2.75, 3.05) is 7.11 Å². The second kappa shape index (κ2) is 5.42. The molecule has 0 aromatic heterocycles. The molecule has 1 unspecified atom stereocenters. The highest BCUT2D eigenvalue weighted by Crippen LogP contribution is 2.21. The molecule has 0 saturated carbocycles. The van der Waals surface area contributed by atoms with Crippen molar-refractivity contribution >= 4 is 12.3 Å². The molecule has 1 N–H and O–H groups in total. The Morgan fingerprint density at radius 3 is 2.56 bits per heavy atom. The highest BCUT2D eigenvalue weighted by molar-refractivity contribution is 5.81. The number of carbonyl (C=O) groups excluding carboxylic acids is 2. The topological polar surface area (TPSA) is 63.6 Å². The maximum Gasteiger partial charge on any atom is 0.335 e. The Bertz CT molecular complexity index is 386. The van der Waals surface area contributed by atoms with Crippen LogP contribution in [-0.4, -0.2) is 30.6 Å². The molecule has 1 rings (SSSR count). The molecule has 4 heteroatoms. The summed E-state index contributed by atoms with van der Waals surface area (Å²) in [5.41, 5.74) is 1.48. The number of hydrogen-bond donors (Lipinski definition) is 1. The third-order valence-corrected chi connectivity index (χ3v) is 2.48. The molecule has 0 aliphatic heterocycles. The highest BCUT2D eigenvalue weighted by atomic mass is 16.5. The number of aliphatic hydroxyl groups is 1. The number of benzene rings is 1. The van der Waals surface area contributed by atoms with Crippen LogP contribution in [0.1, 0.15) is 17.0 Å². The van der Waals surface area contributed by atoms with Gasteiger partial charge in [-0.3, -0.25) is 0 Å². The lowest BCUT2D eigenvalue weighted by atomic mass is 9.91. The van der Waals surface area contributed by atoms with E-state index >= 15 is 0 Å². The van der Waals surface area contributed by atoms with E-state index in [4.69, 9.17) is 0 Å². The largest absolute Gasteiger partial charge is 0.467 e. The molecular formula is C12H14O4. The number of carbonyl (C=O) groups is 2. The first-order chi connectivity index (χ1) is 7.61. The summed E-state index contributed by atoms with van der Waals surface area (Å²) >= 11 is 0. The van der Waals surface area contributed by atoms with Crippen LogP contribution in [0.25, 0.3) is 0 Å². The monoisotopic (exact) mass is 222 g/mol. The fourth-order valence-electron chi connectivity index (χ4n) is 1.55. The highest BCUT2D eigenvalue weighted by Gasteiger charge is 2.28. The Morgan fingerprint density at radius 1 is 1.44 bits per heavy atom. The summed E-state index contributed by atoms with van der Waals surface area (Å²) < 4.78 is 4.41. The summed E-state index contributed by atoms with van der Waals surface area (Å²) in [6, 6.07) is 7.10. The molecular weight excluding hydrogens is 208 g/mol. The Balaban J connectivity index is 3.03. The molecule has 1 aromatic rings. The fourth-order valence-corrected chi connectivity index (χ4v) is 1.55. The van der Waals surface area contributed by atoms with Gasteiger partial charge in [0.1, 0.15) is 6.29 Å². The van der Waals surface area contributed by atoms with Gasteiger partial charge >= 0.3 is 5.97 Å². The minimum Gasteiger partial charge on any atom is -0.467 e. The first-order valence-electron chi connectivity index (χ1n) is 4.88. The number of esters is 1. The van der Waals surface area contributed by atoms with E-state index in [1.165, 1.54) is 7.11 Å². The summed E-state index contributed by atoms with van der Waals surface area (Å²) in [6.07, 6.45) is -0.896. The average Bonchev–Trinajstić information content (AvgIpc) is 2.31. The van der Waals surface area contributed by atoms with Crippen LogP contribution in [0.4, 0.5) is 0 Å². The van der Waals surface area contributed by atoms with Crippen LogP contribution in [0.15, 0.2) is 24.3 Å².